The molecule has 2 nitrogen and oxygen atoms in total. The number of nitrogens with two attached hydrogens (primary N) is 1. The topological polar surface area (TPSA) is 35.2 Å². The monoisotopic (exact) mass is 241 g/mol. The maximum Gasteiger partial charge on any atom is 0.0623 e. The lowest BCUT2D eigenvalue weighted by atomic mass is 10.00. The molecule has 17 heavy (non-hydrogen) atoms. The van der Waals surface area contributed by atoms with Crippen molar-refractivity contribution >= 4 is 0 Å². The minimum absolute atomic E-state index is 0.274. The van der Waals surface area contributed by atoms with Crippen molar-refractivity contribution in [1.29, 1.82) is 0 Å². The first-order valence-corrected chi connectivity index (χ1v) is 7.61. The molecule has 1 aliphatic rings. The molecule has 2 heteroatoms. The van der Waals surface area contributed by atoms with E-state index in [4.69, 9.17) is 10.5 Å². The predicted octanol–water partition coefficient (Wildman–Crippen LogP) is 3.88. The van der Waals surface area contributed by atoms with E-state index in [1.54, 1.807) is 0 Å². The summed E-state index contributed by atoms with van der Waals surface area (Å²) in [4.78, 5) is 0. The first-order chi connectivity index (χ1) is 8.24. The molecule has 0 aromatic carbocycles. The van der Waals surface area contributed by atoms with Crippen molar-refractivity contribution in [2.75, 3.05) is 6.61 Å². The van der Waals surface area contributed by atoms with E-state index >= 15 is 0 Å². The van der Waals surface area contributed by atoms with Gasteiger partial charge in [0.25, 0.3) is 0 Å². The van der Waals surface area contributed by atoms with Gasteiger partial charge in [0.2, 0.25) is 0 Å². The van der Waals surface area contributed by atoms with Crippen molar-refractivity contribution in [2.24, 2.45) is 11.7 Å². The molecule has 1 saturated carbocycles. The van der Waals surface area contributed by atoms with Crippen molar-refractivity contribution in [3.63, 3.8) is 0 Å². The van der Waals surface area contributed by atoms with Crippen LogP contribution in [0, 0.1) is 5.92 Å². The van der Waals surface area contributed by atoms with Gasteiger partial charge in [-0.05, 0) is 32.1 Å². The quantitative estimate of drug-likeness (QED) is 0.622. The van der Waals surface area contributed by atoms with Crippen molar-refractivity contribution < 1.29 is 4.74 Å². The first-order valence-electron chi connectivity index (χ1n) is 7.61. The van der Waals surface area contributed by atoms with Gasteiger partial charge in [-0.2, -0.15) is 0 Å². The Hall–Kier alpha value is -0.0800. The number of rotatable bonds is 9. The Morgan fingerprint density at radius 3 is 2.53 bits per heavy atom. The summed E-state index contributed by atoms with van der Waals surface area (Å²) < 4.78 is 5.87. The van der Waals surface area contributed by atoms with Crippen LogP contribution in [-0.4, -0.2) is 18.8 Å². The lowest BCUT2D eigenvalue weighted by Gasteiger charge is -2.21. The highest BCUT2D eigenvalue weighted by Gasteiger charge is 2.22. The molecule has 0 aromatic heterocycles. The van der Waals surface area contributed by atoms with Crippen LogP contribution >= 0.6 is 0 Å². The number of hydrogen-bond acceptors (Lipinski definition) is 2. The fraction of sp³-hybridized carbons (Fsp3) is 1.00. The van der Waals surface area contributed by atoms with E-state index < -0.39 is 0 Å². The second-order valence-corrected chi connectivity index (χ2v) is 5.70. The SMILES string of the molecule is CCCCCCC(C)OCC(N)C1CCCC1. The van der Waals surface area contributed by atoms with Crippen LogP contribution in [0.4, 0.5) is 0 Å². The van der Waals surface area contributed by atoms with E-state index in [-0.39, 0.29) is 6.04 Å². The van der Waals surface area contributed by atoms with Gasteiger partial charge in [-0.25, -0.2) is 0 Å². The normalized spacial score (nSPS) is 20.6. The van der Waals surface area contributed by atoms with Gasteiger partial charge >= 0.3 is 0 Å². The van der Waals surface area contributed by atoms with Gasteiger partial charge in [-0.15, -0.1) is 0 Å². The lowest BCUT2D eigenvalue weighted by molar-refractivity contribution is 0.0400. The molecular weight excluding hydrogens is 210 g/mol. The fourth-order valence-electron chi connectivity index (χ4n) is 2.74. The molecule has 0 amide bonds. The van der Waals surface area contributed by atoms with Crippen molar-refractivity contribution in [2.45, 2.75) is 83.8 Å². The molecule has 2 unspecified atom stereocenters. The second-order valence-electron chi connectivity index (χ2n) is 5.70. The summed E-state index contributed by atoms with van der Waals surface area (Å²) in [6.07, 6.45) is 12.3. The van der Waals surface area contributed by atoms with E-state index in [0.717, 1.165) is 12.5 Å². The van der Waals surface area contributed by atoms with Crippen LogP contribution in [0.3, 0.4) is 0 Å². The van der Waals surface area contributed by atoms with Gasteiger partial charge < -0.3 is 10.5 Å². The fourth-order valence-corrected chi connectivity index (χ4v) is 2.74. The van der Waals surface area contributed by atoms with Crippen LogP contribution in [0.25, 0.3) is 0 Å². The lowest BCUT2D eigenvalue weighted by Crippen LogP contribution is -2.34. The third-order valence-corrected chi connectivity index (χ3v) is 4.04. The number of ether oxygens (including phenoxy) is 1. The Morgan fingerprint density at radius 2 is 1.88 bits per heavy atom. The molecule has 2 N–H and O–H groups in total. The smallest absolute Gasteiger partial charge is 0.0623 e. The predicted molar refractivity (Wildman–Crippen MR) is 74.1 cm³/mol. The average Bonchev–Trinajstić information content (AvgIpc) is 2.85. The highest BCUT2D eigenvalue weighted by atomic mass is 16.5. The van der Waals surface area contributed by atoms with Crippen molar-refractivity contribution in [1.82, 2.24) is 0 Å². The van der Waals surface area contributed by atoms with Crippen LogP contribution in [0.2, 0.25) is 0 Å². The molecule has 0 aromatic rings. The molecule has 0 heterocycles. The summed E-state index contributed by atoms with van der Waals surface area (Å²) in [6, 6.07) is 0.274. The molecule has 1 aliphatic carbocycles. The van der Waals surface area contributed by atoms with Crippen LogP contribution in [0.15, 0.2) is 0 Å². The molecule has 0 aliphatic heterocycles. The van der Waals surface area contributed by atoms with Gasteiger partial charge in [0, 0.05) is 6.04 Å². The highest BCUT2D eigenvalue weighted by Crippen LogP contribution is 2.27. The van der Waals surface area contributed by atoms with Crippen LogP contribution in [0.1, 0.15) is 71.6 Å². The molecule has 1 fully saturated rings. The number of hydrogen-bond donors (Lipinski definition) is 1. The van der Waals surface area contributed by atoms with E-state index in [0.29, 0.717) is 6.10 Å². The van der Waals surface area contributed by atoms with Crippen LogP contribution in [-0.2, 0) is 4.74 Å². The summed E-state index contributed by atoms with van der Waals surface area (Å²) in [5.74, 6) is 0.724. The summed E-state index contributed by atoms with van der Waals surface area (Å²) >= 11 is 0. The molecule has 2 atom stereocenters. The first kappa shape index (κ1) is 15.0. The zero-order valence-electron chi connectivity index (χ0n) is 11.8. The van der Waals surface area contributed by atoms with Crippen LogP contribution < -0.4 is 5.73 Å². The number of unbranched alkanes of at least 4 members (excludes halogenated alkanes) is 3. The summed E-state index contributed by atoms with van der Waals surface area (Å²) in [6.45, 7) is 5.20. The molecule has 0 bridgehead atoms. The Labute approximate surface area is 107 Å². The minimum atomic E-state index is 0.274. The van der Waals surface area contributed by atoms with Crippen molar-refractivity contribution in [3.05, 3.63) is 0 Å². The molecular formula is C15H31NO. The standard InChI is InChI=1S/C15H31NO/c1-3-4-5-6-9-13(2)17-12-15(16)14-10-7-8-11-14/h13-15H,3-12,16H2,1-2H3. The Morgan fingerprint density at radius 1 is 1.18 bits per heavy atom. The third kappa shape index (κ3) is 6.42. The molecule has 102 valence electrons. The van der Waals surface area contributed by atoms with Gasteiger partial charge in [0.05, 0.1) is 12.7 Å². The molecule has 0 saturated heterocycles. The highest BCUT2D eigenvalue weighted by molar-refractivity contribution is 4.77. The Bertz CT molecular complexity index is 178. The van der Waals surface area contributed by atoms with E-state index in [2.05, 4.69) is 13.8 Å². The summed E-state index contributed by atoms with van der Waals surface area (Å²) in [5.41, 5.74) is 6.18. The second kappa shape index (κ2) is 8.93. The van der Waals surface area contributed by atoms with Gasteiger partial charge in [0.1, 0.15) is 0 Å². The maximum atomic E-state index is 6.18. The van der Waals surface area contributed by atoms with E-state index in [9.17, 15) is 0 Å². The molecule has 0 spiro atoms. The zero-order chi connectivity index (χ0) is 12.5. The largest absolute Gasteiger partial charge is 0.377 e. The third-order valence-electron chi connectivity index (χ3n) is 4.04. The zero-order valence-corrected chi connectivity index (χ0v) is 11.8. The van der Waals surface area contributed by atoms with Gasteiger partial charge in [-0.3, -0.25) is 0 Å². The van der Waals surface area contributed by atoms with Crippen molar-refractivity contribution in [3.8, 4) is 0 Å². The summed E-state index contributed by atoms with van der Waals surface area (Å²) in [7, 11) is 0. The van der Waals surface area contributed by atoms with E-state index in [1.807, 2.05) is 0 Å². The van der Waals surface area contributed by atoms with E-state index in [1.165, 1.54) is 57.8 Å². The molecule has 1 rings (SSSR count). The molecule has 0 radical (unpaired) electrons. The van der Waals surface area contributed by atoms with Crippen LogP contribution in [0.5, 0.6) is 0 Å². The minimum Gasteiger partial charge on any atom is -0.377 e. The maximum absolute atomic E-state index is 6.18. The Kier molecular flexibility index (Phi) is 7.87. The summed E-state index contributed by atoms with van der Waals surface area (Å²) in [5, 5.41) is 0. The Balaban J connectivity index is 2.00. The average molecular weight is 241 g/mol. The van der Waals surface area contributed by atoms with Gasteiger partial charge in [-0.1, -0.05) is 45.4 Å². The van der Waals surface area contributed by atoms with Gasteiger partial charge in [0.15, 0.2) is 0 Å².